The molecule has 0 saturated carbocycles. The highest BCUT2D eigenvalue weighted by atomic mass is 16.6. The first-order valence-corrected chi connectivity index (χ1v) is 8.26. The number of nitriles is 1. The highest BCUT2D eigenvalue weighted by molar-refractivity contribution is 5.91. The Hall–Kier alpha value is -3.53. The summed E-state index contributed by atoms with van der Waals surface area (Å²) < 4.78 is 16.2. The number of ether oxygens (including phenoxy) is 3. The van der Waals surface area contributed by atoms with Crippen LogP contribution < -0.4 is 14.2 Å². The standard InChI is InChI=1S/C20H20N2O5/c1-4-25-18-10-14(12-21)8-9-17(18)27-20(24)15-6-5-7-16(11-15)26-13-19(23)22(2)3/h5-11H,4,13H2,1-3H3. The highest BCUT2D eigenvalue weighted by Crippen LogP contribution is 2.29. The van der Waals surface area contributed by atoms with Gasteiger partial charge in [0.05, 0.1) is 23.8 Å². The lowest BCUT2D eigenvalue weighted by molar-refractivity contribution is -0.130. The molecular weight excluding hydrogens is 348 g/mol. The van der Waals surface area contributed by atoms with Crippen LogP contribution in [0.15, 0.2) is 42.5 Å². The van der Waals surface area contributed by atoms with Gasteiger partial charge in [-0.1, -0.05) is 6.07 Å². The van der Waals surface area contributed by atoms with Crippen LogP contribution in [0.3, 0.4) is 0 Å². The molecule has 2 rings (SSSR count). The monoisotopic (exact) mass is 368 g/mol. The molecule has 0 fully saturated rings. The third-order valence-electron chi connectivity index (χ3n) is 3.51. The molecule has 7 nitrogen and oxygen atoms in total. The number of rotatable bonds is 7. The van der Waals surface area contributed by atoms with Crippen LogP contribution in [0.25, 0.3) is 0 Å². The molecule has 0 bridgehead atoms. The zero-order valence-electron chi connectivity index (χ0n) is 15.4. The minimum atomic E-state index is -0.606. The Morgan fingerprint density at radius 2 is 1.85 bits per heavy atom. The lowest BCUT2D eigenvalue weighted by Gasteiger charge is -2.13. The van der Waals surface area contributed by atoms with Gasteiger partial charge in [0.25, 0.3) is 5.91 Å². The molecule has 0 N–H and O–H groups in total. The van der Waals surface area contributed by atoms with Gasteiger partial charge in [-0.3, -0.25) is 4.79 Å². The minimum Gasteiger partial charge on any atom is -0.490 e. The summed E-state index contributed by atoms with van der Waals surface area (Å²) in [6.45, 7) is 2.03. The molecule has 0 radical (unpaired) electrons. The predicted octanol–water partition coefficient (Wildman–Crippen LogP) is 2.64. The summed E-state index contributed by atoms with van der Waals surface area (Å²) in [7, 11) is 3.26. The van der Waals surface area contributed by atoms with Crippen molar-refractivity contribution < 1.29 is 23.8 Å². The van der Waals surface area contributed by atoms with Crippen LogP contribution in [-0.2, 0) is 4.79 Å². The lowest BCUT2D eigenvalue weighted by Crippen LogP contribution is -2.27. The SMILES string of the molecule is CCOc1cc(C#N)ccc1OC(=O)c1cccc(OCC(=O)N(C)C)c1. The van der Waals surface area contributed by atoms with E-state index >= 15 is 0 Å². The van der Waals surface area contributed by atoms with Crippen LogP contribution in [0.4, 0.5) is 0 Å². The Morgan fingerprint density at radius 3 is 2.52 bits per heavy atom. The van der Waals surface area contributed by atoms with Gasteiger partial charge in [-0.2, -0.15) is 5.26 Å². The number of esters is 1. The zero-order valence-corrected chi connectivity index (χ0v) is 15.4. The van der Waals surface area contributed by atoms with E-state index in [-0.39, 0.29) is 23.8 Å². The van der Waals surface area contributed by atoms with Crippen molar-refractivity contribution in [2.24, 2.45) is 0 Å². The Bertz CT molecular complexity index is 871. The third kappa shape index (κ3) is 5.47. The number of hydrogen-bond acceptors (Lipinski definition) is 6. The molecule has 2 aromatic rings. The second-order valence-corrected chi connectivity index (χ2v) is 5.70. The molecule has 0 aromatic heterocycles. The average Bonchev–Trinajstić information content (AvgIpc) is 2.67. The van der Waals surface area contributed by atoms with E-state index in [0.717, 1.165) is 0 Å². The Morgan fingerprint density at radius 1 is 1.07 bits per heavy atom. The predicted molar refractivity (Wildman–Crippen MR) is 97.9 cm³/mol. The van der Waals surface area contributed by atoms with Crippen molar-refractivity contribution >= 4 is 11.9 Å². The van der Waals surface area contributed by atoms with Gasteiger partial charge in [-0.05, 0) is 37.3 Å². The van der Waals surface area contributed by atoms with Crippen molar-refractivity contribution in [2.45, 2.75) is 6.92 Å². The summed E-state index contributed by atoms with van der Waals surface area (Å²) in [6, 6.07) is 12.9. The fourth-order valence-electron chi connectivity index (χ4n) is 2.08. The van der Waals surface area contributed by atoms with E-state index in [0.29, 0.717) is 23.7 Å². The largest absolute Gasteiger partial charge is 0.490 e. The highest BCUT2D eigenvalue weighted by Gasteiger charge is 2.14. The maximum Gasteiger partial charge on any atom is 0.343 e. The molecule has 0 heterocycles. The summed E-state index contributed by atoms with van der Waals surface area (Å²) in [6.07, 6.45) is 0. The number of hydrogen-bond donors (Lipinski definition) is 0. The molecule has 0 atom stereocenters. The molecule has 0 aliphatic heterocycles. The van der Waals surface area contributed by atoms with E-state index in [9.17, 15) is 9.59 Å². The summed E-state index contributed by atoms with van der Waals surface area (Å²) in [5, 5.41) is 8.98. The van der Waals surface area contributed by atoms with Crippen LogP contribution in [-0.4, -0.2) is 44.1 Å². The molecule has 2 aromatic carbocycles. The van der Waals surface area contributed by atoms with Crippen molar-refractivity contribution in [3.63, 3.8) is 0 Å². The van der Waals surface area contributed by atoms with Gasteiger partial charge < -0.3 is 19.1 Å². The van der Waals surface area contributed by atoms with Crippen molar-refractivity contribution in [3.05, 3.63) is 53.6 Å². The van der Waals surface area contributed by atoms with E-state index < -0.39 is 5.97 Å². The van der Waals surface area contributed by atoms with Crippen LogP contribution in [0.1, 0.15) is 22.8 Å². The van der Waals surface area contributed by atoms with E-state index in [4.69, 9.17) is 19.5 Å². The van der Waals surface area contributed by atoms with Crippen LogP contribution in [0.5, 0.6) is 17.2 Å². The van der Waals surface area contributed by atoms with E-state index in [1.165, 1.54) is 29.2 Å². The summed E-state index contributed by atoms with van der Waals surface area (Å²) in [5.41, 5.74) is 0.663. The minimum absolute atomic E-state index is 0.129. The first-order valence-electron chi connectivity index (χ1n) is 8.26. The first kappa shape index (κ1) is 19.8. The summed E-state index contributed by atoms with van der Waals surface area (Å²) in [5.74, 6) is 0.111. The summed E-state index contributed by atoms with van der Waals surface area (Å²) >= 11 is 0. The van der Waals surface area contributed by atoms with Crippen molar-refractivity contribution in [3.8, 4) is 23.3 Å². The van der Waals surface area contributed by atoms with Crippen molar-refractivity contribution in [2.75, 3.05) is 27.3 Å². The first-order chi connectivity index (χ1) is 12.9. The second kappa shape index (κ2) is 9.25. The quantitative estimate of drug-likeness (QED) is 0.551. The van der Waals surface area contributed by atoms with Gasteiger partial charge in [-0.25, -0.2) is 4.79 Å². The number of nitrogens with zero attached hydrogens (tertiary/aromatic N) is 2. The van der Waals surface area contributed by atoms with E-state index in [2.05, 4.69) is 0 Å². The molecule has 7 heteroatoms. The molecular formula is C20H20N2O5. The van der Waals surface area contributed by atoms with Crippen LogP contribution >= 0.6 is 0 Å². The Kier molecular flexibility index (Phi) is 6.78. The zero-order chi connectivity index (χ0) is 19.8. The molecule has 0 unspecified atom stereocenters. The van der Waals surface area contributed by atoms with Gasteiger partial charge >= 0.3 is 5.97 Å². The molecule has 27 heavy (non-hydrogen) atoms. The molecule has 0 spiro atoms. The smallest absolute Gasteiger partial charge is 0.343 e. The third-order valence-corrected chi connectivity index (χ3v) is 3.51. The molecule has 0 aliphatic rings. The fourth-order valence-corrected chi connectivity index (χ4v) is 2.08. The Labute approximate surface area is 157 Å². The van der Waals surface area contributed by atoms with Crippen molar-refractivity contribution in [1.29, 1.82) is 5.26 Å². The normalized spacial score (nSPS) is 9.85. The van der Waals surface area contributed by atoms with Crippen molar-refractivity contribution in [1.82, 2.24) is 4.90 Å². The maximum absolute atomic E-state index is 12.5. The van der Waals surface area contributed by atoms with Gasteiger partial charge in [0, 0.05) is 20.2 Å². The number of amides is 1. The number of likely N-dealkylation sites (N-methyl/N-ethyl adjacent to an activating group) is 1. The topological polar surface area (TPSA) is 88.9 Å². The lowest BCUT2D eigenvalue weighted by atomic mass is 10.2. The Balaban J connectivity index is 2.13. The molecule has 1 amide bonds. The number of benzene rings is 2. The van der Waals surface area contributed by atoms with E-state index in [1.807, 2.05) is 6.07 Å². The van der Waals surface area contributed by atoms with Gasteiger partial charge in [0.1, 0.15) is 5.75 Å². The summed E-state index contributed by atoms with van der Waals surface area (Å²) in [4.78, 5) is 25.5. The molecule has 140 valence electrons. The van der Waals surface area contributed by atoms with E-state index in [1.54, 1.807) is 39.2 Å². The van der Waals surface area contributed by atoms with Crippen LogP contribution in [0.2, 0.25) is 0 Å². The van der Waals surface area contributed by atoms with Gasteiger partial charge in [0.2, 0.25) is 0 Å². The number of carbonyl (C=O) groups is 2. The molecule has 0 aliphatic carbocycles. The second-order valence-electron chi connectivity index (χ2n) is 5.70. The molecule has 0 saturated heterocycles. The van der Waals surface area contributed by atoms with Gasteiger partial charge in [0.15, 0.2) is 18.1 Å². The van der Waals surface area contributed by atoms with Gasteiger partial charge in [-0.15, -0.1) is 0 Å². The fraction of sp³-hybridized carbons (Fsp3) is 0.250. The van der Waals surface area contributed by atoms with Crippen LogP contribution in [0, 0.1) is 11.3 Å². The number of carbonyl (C=O) groups excluding carboxylic acids is 2. The maximum atomic E-state index is 12.5. The average molecular weight is 368 g/mol.